The van der Waals surface area contributed by atoms with Gasteiger partial charge in [-0.05, 0) is 6.92 Å². The summed E-state index contributed by atoms with van der Waals surface area (Å²) in [5.74, 6) is 0.597. The highest BCUT2D eigenvalue weighted by atomic mass is 32.2. The highest BCUT2D eigenvalue weighted by Gasteiger charge is 2.14. The number of rotatable bonds is 7. The zero-order valence-corrected chi connectivity index (χ0v) is 12.5. The molecular formula is C11H17N3O3S2. The minimum atomic E-state index is -0.613. The molecule has 0 bridgehead atoms. The summed E-state index contributed by atoms with van der Waals surface area (Å²) in [5, 5.41) is 5.07. The van der Waals surface area contributed by atoms with E-state index in [0.717, 1.165) is 5.69 Å². The number of thiazole rings is 1. The monoisotopic (exact) mass is 303 g/mol. The van der Waals surface area contributed by atoms with Crippen molar-refractivity contribution >= 4 is 40.1 Å². The van der Waals surface area contributed by atoms with Crippen LogP contribution < -0.4 is 11.1 Å². The fraction of sp³-hybridized carbons (Fsp3) is 0.545. The van der Waals surface area contributed by atoms with Gasteiger partial charge in [-0.3, -0.25) is 9.59 Å². The van der Waals surface area contributed by atoms with Crippen molar-refractivity contribution in [3.63, 3.8) is 0 Å². The van der Waals surface area contributed by atoms with E-state index in [1.807, 2.05) is 5.38 Å². The van der Waals surface area contributed by atoms with Gasteiger partial charge in [-0.25, -0.2) is 4.98 Å². The van der Waals surface area contributed by atoms with Crippen molar-refractivity contribution in [1.29, 1.82) is 0 Å². The van der Waals surface area contributed by atoms with Crippen molar-refractivity contribution in [2.24, 2.45) is 5.73 Å². The number of nitrogens with two attached hydrogens (primary N) is 1. The molecule has 3 N–H and O–H groups in total. The molecule has 19 heavy (non-hydrogen) atoms. The van der Waals surface area contributed by atoms with E-state index in [2.05, 4.69) is 10.3 Å². The lowest BCUT2D eigenvalue weighted by Gasteiger charge is -2.09. The van der Waals surface area contributed by atoms with Gasteiger partial charge in [0.15, 0.2) is 5.13 Å². The van der Waals surface area contributed by atoms with Gasteiger partial charge in [-0.2, -0.15) is 11.8 Å². The van der Waals surface area contributed by atoms with Gasteiger partial charge < -0.3 is 15.8 Å². The van der Waals surface area contributed by atoms with Crippen LogP contribution in [0.25, 0.3) is 0 Å². The highest BCUT2D eigenvalue weighted by molar-refractivity contribution is 7.98. The Morgan fingerprint density at radius 3 is 3.00 bits per heavy atom. The Hall–Kier alpha value is -1.12. The molecule has 1 unspecified atom stereocenters. The van der Waals surface area contributed by atoms with Gasteiger partial charge in [0.2, 0.25) is 5.91 Å². The number of hydrogen-bond acceptors (Lipinski definition) is 7. The average molecular weight is 303 g/mol. The van der Waals surface area contributed by atoms with E-state index in [-0.39, 0.29) is 11.9 Å². The first-order chi connectivity index (χ1) is 9.02. The van der Waals surface area contributed by atoms with E-state index < -0.39 is 6.04 Å². The molecule has 0 radical (unpaired) electrons. The summed E-state index contributed by atoms with van der Waals surface area (Å²) in [6.45, 7) is 3.52. The van der Waals surface area contributed by atoms with Crippen LogP contribution in [0.4, 0.5) is 5.13 Å². The normalized spacial score (nSPS) is 11.9. The molecule has 0 aliphatic carbocycles. The van der Waals surface area contributed by atoms with Gasteiger partial charge in [-0.15, -0.1) is 11.3 Å². The molecule has 106 valence electrons. The molecule has 0 aliphatic heterocycles. The van der Waals surface area contributed by atoms with Crippen LogP contribution in [0.3, 0.4) is 0 Å². The Labute approximate surface area is 120 Å². The first-order valence-electron chi connectivity index (χ1n) is 5.75. The van der Waals surface area contributed by atoms with Crippen molar-refractivity contribution < 1.29 is 14.3 Å². The van der Waals surface area contributed by atoms with Gasteiger partial charge in [0, 0.05) is 23.8 Å². The van der Waals surface area contributed by atoms with E-state index in [9.17, 15) is 9.59 Å². The molecule has 0 aromatic carbocycles. The smallest absolute Gasteiger partial charge is 0.323 e. The number of ether oxygens (including phenoxy) is 1. The Morgan fingerprint density at radius 1 is 1.63 bits per heavy atom. The quantitative estimate of drug-likeness (QED) is 0.736. The van der Waals surface area contributed by atoms with Crippen LogP contribution in [0, 0.1) is 0 Å². The molecule has 1 rings (SSSR count). The van der Waals surface area contributed by atoms with Crippen molar-refractivity contribution in [2.45, 2.75) is 25.6 Å². The summed E-state index contributed by atoms with van der Waals surface area (Å²) in [4.78, 5) is 26.4. The lowest BCUT2D eigenvalue weighted by Crippen LogP contribution is -2.34. The van der Waals surface area contributed by atoms with Crippen LogP contribution in [0.1, 0.15) is 19.5 Å². The van der Waals surface area contributed by atoms with E-state index >= 15 is 0 Å². The fourth-order valence-corrected chi connectivity index (χ4v) is 2.92. The Morgan fingerprint density at radius 2 is 2.37 bits per heavy atom. The zero-order valence-electron chi connectivity index (χ0n) is 10.8. The fourth-order valence-electron chi connectivity index (χ4n) is 1.19. The van der Waals surface area contributed by atoms with E-state index in [1.165, 1.54) is 30.0 Å². The molecule has 8 heteroatoms. The maximum atomic E-state index is 11.3. The molecule has 6 nitrogen and oxygen atoms in total. The summed E-state index contributed by atoms with van der Waals surface area (Å²) >= 11 is 2.88. The number of thioether (sulfide) groups is 1. The van der Waals surface area contributed by atoms with Crippen molar-refractivity contribution in [1.82, 2.24) is 4.98 Å². The van der Waals surface area contributed by atoms with Crippen LogP contribution in [0.2, 0.25) is 0 Å². The minimum absolute atomic E-state index is 0.141. The van der Waals surface area contributed by atoms with Gasteiger partial charge in [0.05, 0.1) is 12.3 Å². The predicted octanol–water partition coefficient (Wildman–Crippen LogP) is 1.23. The first-order valence-corrected chi connectivity index (χ1v) is 7.78. The number of carbonyl (C=O) groups excluding carboxylic acids is 2. The molecule has 0 aliphatic rings. The molecule has 0 saturated carbocycles. The third-order valence-electron chi connectivity index (χ3n) is 1.97. The van der Waals surface area contributed by atoms with E-state index in [0.29, 0.717) is 23.2 Å². The third kappa shape index (κ3) is 6.04. The van der Waals surface area contributed by atoms with Crippen molar-refractivity contribution in [2.75, 3.05) is 17.7 Å². The topological polar surface area (TPSA) is 94.3 Å². The number of hydrogen-bond donors (Lipinski definition) is 2. The molecule has 1 atom stereocenters. The van der Waals surface area contributed by atoms with Crippen LogP contribution in [0.15, 0.2) is 5.38 Å². The molecule has 1 aromatic heterocycles. The lowest BCUT2D eigenvalue weighted by atomic mass is 10.4. The molecule has 0 spiro atoms. The summed E-state index contributed by atoms with van der Waals surface area (Å²) in [7, 11) is 0. The number of nitrogens with one attached hydrogen (secondary N) is 1. The van der Waals surface area contributed by atoms with Gasteiger partial charge in [0.25, 0.3) is 0 Å². The van der Waals surface area contributed by atoms with Gasteiger partial charge in [0.1, 0.15) is 6.04 Å². The van der Waals surface area contributed by atoms with E-state index in [1.54, 1.807) is 6.92 Å². The standard InChI is InChI=1S/C11H17N3O3S2/c1-3-17-10(16)9(12)6-18-4-8-5-19-11(14-8)13-7(2)15/h5,9H,3-4,6,12H2,1-2H3,(H,13,14,15). The number of carbonyl (C=O) groups is 2. The summed E-state index contributed by atoms with van der Waals surface area (Å²) in [6, 6.07) is -0.613. The molecule has 1 aromatic rings. The number of aromatic nitrogens is 1. The van der Waals surface area contributed by atoms with Crippen molar-refractivity contribution in [3.05, 3.63) is 11.1 Å². The Bertz CT molecular complexity index is 437. The SMILES string of the molecule is CCOC(=O)C(N)CSCc1csc(NC(C)=O)n1. The largest absolute Gasteiger partial charge is 0.465 e. The molecule has 0 fully saturated rings. The maximum absolute atomic E-state index is 11.3. The first kappa shape index (κ1) is 15.9. The van der Waals surface area contributed by atoms with Crippen LogP contribution in [-0.4, -0.2) is 35.3 Å². The lowest BCUT2D eigenvalue weighted by molar-refractivity contribution is -0.144. The van der Waals surface area contributed by atoms with Gasteiger partial charge in [-0.1, -0.05) is 0 Å². The van der Waals surface area contributed by atoms with Crippen molar-refractivity contribution in [3.8, 4) is 0 Å². The molecular weight excluding hydrogens is 286 g/mol. The second-order valence-electron chi connectivity index (χ2n) is 3.70. The van der Waals surface area contributed by atoms with E-state index in [4.69, 9.17) is 10.5 Å². The zero-order chi connectivity index (χ0) is 14.3. The summed E-state index contributed by atoms with van der Waals surface area (Å²) in [6.07, 6.45) is 0. The third-order valence-corrected chi connectivity index (χ3v) is 3.87. The molecule has 0 saturated heterocycles. The summed E-state index contributed by atoms with van der Waals surface area (Å²) < 4.78 is 4.82. The Balaban J connectivity index is 2.31. The number of anilines is 1. The number of amides is 1. The predicted molar refractivity (Wildman–Crippen MR) is 77.2 cm³/mol. The maximum Gasteiger partial charge on any atom is 0.323 e. The van der Waals surface area contributed by atoms with Crippen LogP contribution in [0.5, 0.6) is 0 Å². The average Bonchev–Trinajstić information content (AvgIpc) is 2.76. The minimum Gasteiger partial charge on any atom is -0.465 e. The summed E-state index contributed by atoms with van der Waals surface area (Å²) in [5.41, 5.74) is 6.52. The highest BCUT2D eigenvalue weighted by Crippen LogP contribution is 2.19. The Kier molecular flexibility index (Phi) is 6.82. The number of nitrogens with zero attached hydrogens (tertiary/aromatic N) is 1. The van der Waals surface area contributed by atoms with Gasteiger partial charge >= 0.3 is 5.97 Å². The number of esters is 1. The second kappa shape index (κ2) is 8.13. The second-order valence-corrected chi connectivity index (χ2v) is 5.59. The van der Waals surface area contributed by atoms with Crippen LogP contribution >= 0.6 is 23.1 Å². The van der Waals surface area contributed by atoms with Crippen LogP contribution in [-0.2, 0) is 20.1 Å². The molecule has 1 heterocycles. The molecule has 1 amide bonds.